The van der Waals surface area contributed by atoms with Crippen molar-refractivity contribution in [1.82, 2.24) is 0 Å². The standard InChI is InChI=1S/C15H14BrNO3/c1-19-13-6-4-3-5-12(13)17-15(18)11-8-7-10(16)9-14(11)20-2/h3-9H,1-2H3,(H,17,18). The van der Waals surface area contributed by atoms with Gasteiger partial charge in [-0.1, -0.05) is 28.1 Å². The van der Waals surface area contributed by atoms with Gasteiger partial charge in [0.25, 0.3) is 5.91 Å². The van der Waals surface area contributed by atoms with Crippen LogP contribution in [0.25, 0.3) is 0 Å². The molecule has 1 N–H and O–H groups in total. The molecule has 0 radical (unpaired) electrons. The van der Waals surface area contributed by atoms with E-state index < -0.39 is 0 Å². The SMILES string of the molecule is COc1ccccc1NC(=O)c1ccc(Br)cc1OC. The second-order valence-corrected chi connectivity index (χ2v) is 4.91. The predicted molar refractivity (Wildman–Crippen MR) is 81.6 cm³/mol. The molecule has 0 saturated carbocycles. The maximum absolute atomic E-state index is 12.3. The van der Waals surface area contributed by atoms with Gasteiger partial charge in [0.2, 0.25) is 0 Å². The maximum atomic E-state index is 12.3. The molecule has 5 heteroatoms. The molecule has 0 aliphatic rings. The maximum Gasteiger partial charge on any atom is 0.259 e. The minimum absolute atomic E-state index is 0.251. The first kappa shape index (κ1) is 14.4. The summed E-state index contributed by atoms with van der Waals surface area (Å²) in [5.74, 6) is 0.863. The summed E-state index contributed by atoms with van der Waals surface area (Å²) < 4.78 is 11.3. The second-order valence-electron chi connectivity index (χ2n) is 4.00. The summed E-state index contributed by atoms with van der Waals surface area (Å²) >= 11 is 3.34. The van der Waals surface area contributed by atoms with E-state index in [9.17, 15) is 4.79 Å². The van der Waals surface area contributed by atoms with Crippen LogP contribution >= 0.6 is 15.9 Å². The van der Waals surface area contributed by atoms with Gasteiger partial charge in [0.05, 0.1) is 25.5 Å². The Bertz CT molecular complexity index is 628. The number of benzene rings is 2. The Labute approximate surface area is 125 Å². The molecule has 0 heterocycles. The van der Waals surface area contributed by atoms with Crippen LogP contribution in [0.15, 0.2) is 46.9 Å². The Morgan fingerprint density at radius 1 is 1.05 bits per heavy atom. The summed E-state index contributed by atoms with van der Waals surface area (Å²) in [4.78, 5) is 12.3. The average Bonchev–Trinajstić information content (AvgIpc) is 2.47. The normalized spacial score (nSPS) is 9.95. The number of ether oxygens (including phenoxy) is 2. The Kier molecular flexibility index (Phi) is 4.63. The van der Waals surface area contributed by atoms with Gasteiger partial charge in [0.1, 0.15) is 11.5 Å². The molecule has 104 valence electrons. The van der Waals surface area contributed by atoms with Crippen molar-refractivity contribution >= 4 is 27.5 Å². The molecule has 2 aromatic rings. The number of nitrogens with one attached hydrogen (secondary N) is 1. The topological polar surface area (TPSA) is 47.6 Å². The highest BCUT2D eigenvalue weighted by molar-refractivity contribution is 9.10. The molecule has 0 atom stereocenters. The lowest BCUT2D eigenvalue weighted by Gasteiger charge is -2.12. The van der Waals surface area contributed by atoms with Crippen LogP contribution in [0.3, 0.4) is 0 Å². The van der Waals surface area contributed by atoms with Gasteiger partial charge in [-0.25, -0.2) is 0 Å². The van der Waals surface area contributed by atoms with Crippen LogP contribution < -0.4 is 14.8 Å². The molecule has 0 saturated heterocycles. The van der Waals surface area contributed by atoms with Gasteiger partial charge < -0.3 is 14.8 Å². The summed E-state index contributed by atoms with van der Waals surface area (Å²) in [6.07, 6.45) is 0. The number of amides is 1. The summed E-state index contributed by atoms with van der Waals surface area (Å²) in [5, 5.41) is 2.81. The van der Waals surface area contributed by atoms with Crippen LogP contribution in [0.5, 0.6) is 11.5 Å². The zero-order chi connectivity index (χ0) is 14.5. The molecular formula is C15H14BrNO3. The Balaban J connectivity index is 2.28. The zero-order valence-electron chi connectivity index (χ0n) is 11.1. The highest BCUT2D eigenvalue weighted by atomic mass is 79.9. The Morgan fingerprint density at radius 3 is 2.45 bits per heavy atom. The first-order chi connectivity index (χ1) is 9.65. The van der Waals surface area contributed by atoms with Crippen molar-refractivity contribution in [1.29, 1.82) is 0 Å². The van der Waals surface area contributed by atoms with Crippen molar-refractivity contribution in [2.75, 3.05) is 19.5 Å². The minimum atomic E-state index is -0.251. The summed E-state index contributed by atoms with van der Waals surface area (Å²) in [6.45, 7) is 0. The third kappa shape index (κ3) is 3.11. The average molecular weight is 336 g/mol. The van der Waals surface area contributed by atoms with Crippen LogP contribution in [0.2, 0.25) is 0 Å². The number of para-hydroxylation sites is 2. The van der Waals surface area contributed by atoms with Crippen LogP contribution in [0, 0.1) is 0 Å². The summed E-state index contributed by atoms with van der Waals surface area (Å²) in [5.41, 5.74) is 1.08. The number of carbonyl (C=O) groups is 1. The number of methoxy groups -OCH3 is 2. The molecule has 0 fully saturated rings. The Hall–Kier alpha value is -2.01. The predicted octanol–water partition coefficient (Wildman–Crippen LogP) is 3.72. The van der Waals surface area contributed by atoms with E-state index in [4.69, 9.17) is 9.47 Å². The monoisotopic (exact) mass is 335 g/mol. The molecule has 20 heavy (non-hydrogen) atoms. The summed E-state index contributed by atoms with van der Waals surface area (Å²) in [6, 6.07) is 12.5. The van der Waals surface area contributed by atoms with Gasteiger partial charge in [-0.15, -0.1) is 0 Å². The van der Waals surface area contributed by atoms with E-state index in [-0.39, 0.29) is 5.91 Å². The van der Waals surface area contributed by atoms with Gasteiger partial charge in [-0.05, 0) is 30.3 Å². The lowest BCUT2D eigenvalue weighted by Crippen LogP contribution is -2.13. The van der Waals surface area contributed by atoms with Gasteiger partial charge in [0.15, 0.2) is 0 Å². The van der Waals surface area contributed by atoms with Crippen LogP contribution in [0.1, 0.15) is 10.4 Å². The van der Waals surface area contributed by atoms with E-state index in [0.29, 0.717) is 22.7 Å². The van der Waals surface area contributed by atoms with Gasteiger partial charge in [0, 0.05) is 4.47 Å². The van der Waals surface area contributed by atoms with Gasteiger partial charge in [-0.3, -0.25) is 4.79 Å². The molecule has 4 nitrogen and oxygen atoms in total. The van der Waals surface area contributed by atoms with E-state index in [1.807, 2.05) is 12.1 Å². The number of rotatable bonds is 4. The second kappa shape index (κ2) is 6.43. The van der Waals surface area contributed by atoms with Crippen molar-refractivity contribution in [2.24, 2.45) is 0 Å². The van der Waals surface area contributed by atoms with Crippen molar-refractivity contribution in [3.05, 3.63) is 52.5 Å². The number of halogens is 1. The first-order valence-electron chi connectivity index (χ1n) is 5.93. The van der Waals surface area contributed by atoms with Crippen molar-refractivity contribution in [2.45, 2.75) is 0 Å². The minimum Gasteiger partial charge on any atom is -0.496 e. The number of anilines is 1. The smallest absolute Gasteiger partial charge is 0.259 e. The fourth-order valence-electron chi connectivity index (χ4n) is 1.79. The van der Waals surface area contributed by atoms with E-state index in [1.165, 1.54) is 7.11 Å². The molecule has 0 aromatic heterocycles. The third-order valence-corrected chi connectivity index (χ3v) is 3.26. The van der Waals surface area contributed by atoms with Crippen molar-refractivity contribution < 1.29 is 14.3 Å². The Morgan fingerprint density at radius 2 is 1.75 bits per heavy atom. The highest BCUT2D eigenvalue weighted by Gasteiger charge is 2.14. The van der Waals surface area contributed by atoms with E-state index in [0.717, 1.165) is 4.47 Å². The van der Waals surface area contributed by atoms with Gasteiger partial charge in [-0.2, -0.15) is 0 Å². The van der Waals surface area contributed by atoms with E-state index in [2.05, 4.69) is 21.2 Å². The van der Waals surface area contributed by atoms with E-state index in [1.54, 1.807) is 37.4 Å². The van der Waals surface area contributed by atoms with Crippen molar-refractivity contribution in [3.63, 3.8) is 0 Å². The van der Waals surface area contributed by atoms with Crippen LogP contribution in [-0.2, 0) is 0 Å². The highest BCUT2D eigenvalue weighted by Crippen LogP contribution is 2.27. The van der Waals surface area contributed by atoms with Crippen molar-refractivity contribution in [3.8, 4) is 11.5 Å². The third-order valence-electron chi connectivity index (χ3n) is 2.76. The molecule has 0 unspecified atom stereocenters. The molecule has 2 rings (SSSR count). The largest absolute Gasteiger partial charge is 0.496 e. The summed E-state index contributed by atoms with van der Waals surface area (Å²) in [7, 11) is 3.09. The quantitative estimate of drug-likeness (QED) is 0.926. The fourth-order valence-corrected chi connectivity index (χ4v) is 2.13. The molecule has 0 aliphatic carbocycles. The van der Waals surface area contributed by atoms with Crippen LogP contribution in [0.4, 0.5) is 5.69 Å². The molecule has 0 aliphatic heterocycles. The van der Waals surface area contributed by atoms with Crippen LogP contribution in [-0.4, -0.2) is 20.1 Å². The zero-order valence-corrected chi connectivity index (χ0v) is 12.7. The first-order valence-corrected chi connectivity index (χ1v) is 6.73. The molecule has 1 amide bonds. The number of carbonyl (C=O) groups excluding carboxylic acids is 1. The van der Waals surface area contributed by atoms with Gasteiger partial charge >= 0.3 is 0 Å². The number of hydrogen-bond donors (Lipinski definition) is 1. The number of hydrogen-bond acceptors (Lipinski definition) is 3. The van der Waals surface area contributed by atoms with E-state index >= 15 is 0 Å². The molecular weight excluding hydrogens is 322 g/mol. The molecule has 2 aromatic carbocycles. The lowest BCUT2D eigenvalue weighted by atomic mass is 10.2. The molecule has 0 spiro atoms. The lowest BCUT2D eigenvalue weighted by molar-refractivity contribution is 0.102. The molecule has 0 bridgehead atoms. The fraction of sp³-hybridized carbons (Fsp3) is 0.133.